The summed E-state index contributed by atoms with van der Waals surface area (Å²) in [5.74, 6) is -0.184. The molecule has 2 amide bonds. The maximum Gasteiger partial charge on any atom is 0.238 e. The lowest BCUT2D eigenvalue weighted by atomic mass is 10.2. The summed E-state index contributed by atoms with van der Waals surface area (Å²) in [6.45, 7) is 0. The van der Waals surface area contributed by atoms with Crippen molar-refractivity contribution in [2.45, 2.75) is 16.6 Å². The average Bonchev–Trinajstić information content (AvgIpc) is 2.55. The van der Waals surface area contributed by atoms with Crippen LogP contribution >= 0.6 is 11.8 Å². The number of rotatable bonds is 3. The van der Waals surface area contributed by atoms with Crippen LogP contribution in [0.4, 0.5) is 11.4 Å². The van der Waals surface area contributed by atoms with E-state index in [-0.39, 0.29) is 18.2 Å². The van der Waals surface area contributed by atoms with Crippen LogP contribution in [0.3, 0.4) is 0 Å². The topological polar surface area (TPSA) is 49.4 Å². The first-order chi connectivity index (χ1) is 10.6. The van der Waals surface area contributed by atoms with Crippen LogP contribution in [0.25, 0.3) is 0 Å². The third-order valence-electron chi connectivity index (χ3n) is 3.58. The zero-order chi connectivity index (χ0) is 15.5. The first kappa shape index (κ1) is 14.7. The average molecular weight is 312 g/mol. The van der Waals surface area contributed by atoms with Crippen LogP contribution in [0.1, 0.15) is 6.42 Å². The molecule has 1 atom stereocenters. The molecule has 0 aliphatic carbocycles. The predicted octanol–water partition coefficient (Wildman–Crippen LogP) is 3.15. The monoisotopic (exact) mass is 312 g/mol. The number of anilines is 2. The number of nitrogens with zero attached hydrogens (tertiary/aromatic N) is 1. The van der Waals surface area contributed by atoms with Gasteiger partial charge in [-0.2, -0.15) is 0 Å². The van der Waals surface area contributed by atoms with E-state index < -0.39 is 5.25 Å². The number of carbonyl (C=O) groups excluding carboxylic acids is 2. The van der Waals surface area contributed by atoms with E-state index in [1.54, 1.807) is 11.9 Å². The largest absolute Gasteiger partial charge is 0.324 e. The molecule has 4 nitrogen and oxygen atoms in total. The molecule has 3 rings (SSSR count). The first-order valence-corrected chi connectivity index (χ1v) is 7.91. The highest BCUT2D eigenvalue weighted by atomic mass is 32.2. The minimum absolute atomic E-state index is 0.0711. The minimum atomic E-state index is -0.395. The smallest absolute Gasteiger partial charge is 0.238 e. The molecule has 0 fully saturated rings. The lowest BCUT2D eigenvalue weighted by molar-refractivity contribution is -0.122. The Morgan fingerprint density at radius 3 is 2.59 bits per heavy atom. The van der Waals surface area contributed by atoms with Gasteiger partial charge in [-0.05, 0) is 24.3 Å². The molecule has 0 aromatic heterocycles. The van der Waals surface area contributed by atoms with Gasteiger partial charge >= 0.3 is 0 Å². The maximum absolute atomic E-state index is 12.4. The molecule has 2 aromatic carbocycles. The van der Waals surface area contributed by atoms with Gasteiger partial charge in [0.2, 0.25) is 11.8 Å². The molecule has 112 valence electrons. The fourth-order valence-corrected chi connectivity index (χ4v) is 3.42. The van der Waals surface area contributed by atoms with Gasteiger partial charge in [-0.1, -0.05) is 30.3 Å². The van der Waals surface area contributed by atoms with Crippen LogP contribution in [-0.2, 0) is 9.59 Å². The number of thioether (sulfide) groups is 1. The fraction of sp³-hybridized carbons (Fsp3) is 0.176. The summed E-state index contributed by atoms with van der Waals surface area (Å²) in [4.78, 5) is 27.1. The van der Waals surface area contributed by atoms with Crippen molar-refractivity contribution in [1.82, 2.24) is 0 Å². The normalized spacial score (nSPS) is 16.6. The van der Waals surface area contributed by atoms with Gasteiger partial charge in [0.25, 0.3) is 0 Å². The van der Waals surface area contributed by atoms with Crippen molar-refractivity contribution in [1.29, 1.82) is 0 Å². The maximum atomic E-state index is 12.4. The highest BCUT2D eigenvalue weighted by molar-refractivity contribution is 8.01. The minimum Gasteiger partial charge on any atom is -0.324 e. The van der Waals surface area contributed by atoms with E-state index in [1.807, 2.05) is 54.6 Å². The molecule has 1 aliphatic rings. The van der Waals surface area contributed by atoms with Gasteiger partial charge < -0.3 is 10.2 Å². The number of benzene rings is 2. The summed E-state index contributed by atoms with van der Waals surface area (Å²) in [6.07, 6.45) is 0.177. The second kappa shape index (κ2) is 6.23. The molecular weight excluding hydrogens is 296 g/mol. The Morgan fingerprint density at radius 2 is 1.82 bits per heavy atom. The molecule has 2 aromatic rings. The highest BCUT2D eigenvalue weighted by Crippen LogP contribution is 2.36. The van der Waals surface area contributed by atoms with Crippen molar-refractivity contribution in [2.24, 2.45) is 0 Å². The molecule has 5 heteroatoms. The molecule has 1 N–H and O–H groups in total. The molecule has 0 saturated carbocycles. The summed E-state index contributed by atoms with van der Waals surface area (Å²) in [7, 11) is 1.73. The van der Waals surface area contributed by atoms with Gasteiger partial charge in [-0.15, -0.1) is 11.8 Å². The standard InChI is InChI=1S/C17H16N2O2S/c1-19(12-7-3-2-4-8-12)16(20)11-15-17(21)18-13-9-5-6-10-14(13)22-15/h2-10,15H,11H2,1H3,(H,18,21)/t15-/m1/s1. The molecule has 0 unspecified atom stereocenters. The number of carbonyl (C=O) groups is 2. The van der Waals surface area contributed by atoms with Crippen LogP contribution in [0.2, 0.25) is 0 Å². The van der Waals surface area contributed by atoms with Crippen molar-refractivity contribution in [3.05, 3.63) is 54.6 Å². The van der Waals surface area contributed by atoms with Crippen molar-refractivity contribution in [3.63, 3.8) is 0 Å². The molecule has 1 aliphatic heterocycles. The van der Waals surface area contributed by atoms with Gasteiger partial charge in [0, 0.05) is 24.1 Å². The molecule has 0 spiro atoms. The summed E-state index contributed by atoms with van der Waals surface area (Å²) in [6, 6.07) is 17.1. The summed E-state index contributed by atoms with van der Waals surface area (Å²) in [5, 5.41) is 2.47. The van der Waals surface area contributed by atoms with Crippen molar-refractivity contribution in [3.8, 4) is 0 Å². The van der Waals surface area contributed by atoms with Crippen molar-refractivity contribution in [2.75, 3.05) is 17.3 Å². The first-order valence-electron chi connectivity index (χ1n) is 7.03. The zero-order valence-electron chi connectivity index (χ0n) is 12.2. The Kier molecular flexibility index (Phi) is 4.15. The molecule has 1 heterocycles. The Bertz CT molecular complexity index is 703. The third kappa shape index (κ3) is 2.99. The Morgan fingerprint density at radius 1 is 1.14 bits per heavy atom. The zero-order valence-corrected chi connectivity index (χ0v) is 13.0. The van der Waals surface area contributed by atoms with Gasteiger partial charge in [-0.25, -0.2) is 0 Å². The van der Waals surface area contributed by atoms with Gasteiger partial charge in [-0.3, -0.25) is 9.59 Å². The predicted molar refractivity (Wildman–Crippen MR) is 89.2 cm³/mol. The third-order valence-corrected chi connectivity index (χ3v) is 4.86. The van der Waals surface area contributed by atoms with E-state index in [4.69, 9.17) is 0 Å². The van der Waals surface area contributed by atoms with Crippen molar-refractivity contribution < 1.29 is 9.59 Å². The Labute approximate surface area is 133 Å². The quantitative estimate of drug-likeness (QED) is 0.947. The molecule has 0 radical (unpaired) electrons. The van der Waals surface area contributed by atoms with E-state index in [9.17, 15) is 9.59 Å². The second-order valence-corrected chi connectivity index (χ2v) is 6.33. The van der Waals surface area contributed by atoms with Gasteiger partial charge in [0.15, 0.2) is 0 Å². The Hall–Kier alpha value is -2.27. The van der Waals surface area contributed by atoms with Gasteiger partial charge in [0.05, 0.1) is 10.9 Å². The summed E-state index contributed by atoms with van der Waals surface area (Å²) < 4.78 is 0. The van der Waals surface area contributed by atoms with Crippen LogP contribution < -0.4 is 10.2 Å². The summed E-state index contributed by atoms with van der Waals surface area (Å²) >= 11 is 1.45. The number of para-hydroxylation sites is 2. The number of hydrogen-bond acceptors (Lipinski definition) is 3. The van der Waals surface area contributed by atoms with Crippen LogP contribution in [0.15, 0.2) is 59.5 Å². The van der Waals surface area contributed by atoms with Crippen LogP contribution in [0.5, 0.6) is 0 Å². The lowest BCUT2D eigenvalue weighted by Gasteiger charge is -2.25. The number of hydrogen-bond donors (Lipinski definition) is 1. The van der Waals surface area contributed by atoms with Crippen molar-refractivity contribution >= 4 is 35.0 Å². The Balaban J connectivity index is 1.71. The number of nitrogens with one attached hydrogen (secondary N) is 1. The van der Waals surface area contributed by atoms with E-state index >= 15 is 0 Å². The van der Waals surface area contributed by atoms with E-state index in [0.717, 1.165) is 16.3 Å². The summed E-state index contributed by atoms with van der Waals surface area (Å²) in [5.41, 5.74) is 1.65. The van der Waals surface area contributed by atoms with E-state index in [0.29, 0.717) is 0 Å². The molecule has 0 bridgehead atoms. The molecular formula is C17H16N2O2S. The van der Waals surface area contributed by atoms with E-state index in [2.05, 4.69) is 5.32 Å². The SMILES string of the molecule is CN(C(=O)C[C@H]1Sc2ccccc2NC1=O)c1ccccc1. The second-order valence-electron chi connectivity index (χ2n) is 5.08. The fourth-order valence-electron chi connectivity index (χ4n) is 2.32. The number of fused-ring (bicyclic) bond motifs is 1. The van der Waals surface area contributed by atoms with Crippen LogP contribution in [0, 0.1) is 0 Å². The highest BCUT2D eigenvalue weighted by Gasteiger charge is 2.29. The number of amides is 2. The van der Waals surface area contributed by atoms with Gasteiger partial charge in [0.1, 0.15) is 0 Å². The van der Waals surface area contributed by atoms with Crippen LogP contribution in [-0.4, -0.2) is 24.1 Å². The lowest BCUT2D eigenvalue weighted by Crippen LogP contribution is -2.35. The molecule has 22 heavy (non-hydrogen) atoms. The van der Waals surface area contributed by atoms with E-state index in [1.165, 1.54) is 11.8 Å². The molecule has 0 saturated heterocycles.